The molecule has 0 aliphatic heterocycles. The Hall–Kier alpha value is -3.66. The molecule has 36 heavy (non-hydrogen) atoms. The van der Waals surface area contributed by atoms with Crippen molar-refractivity contribution in [3.63, 3.8) is 0 Å². The maximum atomic E-state index is 13.5. The number of halogens is 1. The van der Waals surface area contributed by atoms with Gasteiger partial charge in [-0.3, -0.25) is 4.79 Å². The molecule has 0 atom stereocenters. The lowest BCUT2D eigenvalue weighted by Crippen LogP contribution is -2.34. The quantitative estimate of drug-likeness (QED) is 0.331. The van der Waals surface area contributed by atoms with Crippen LogP contribution in [0.25, 0.3) is 16.2 Å². The summed E-state index contributed by atoms with van der Waals surface area (Å²) in [6.45, 7) is 9.29. The molecule has 0 aliphatic carbocycles. The number of imidazole rings is 1. The number of ether oxygens (including phenoxy) is 1. The Balaban J connectivity index is 1.48. The van der Waals surface area contributed by atoms with Gasteiger partial charge in [0, 0.05) is 24.7 Å². The highest BCUT2D eigenvalue weighted by molar-refractivity contribution is 7.20. The van der Waals surface area contributed by atoms with E-state index in [1.807, 2.05) is 38.2 Å². The molecule has 0 saturated heterocycles. The molecule has 2 aromatic carbocycles. The molecule has 1 amide bonds. The van der Waals surface area contributed by atoms with Crippen molar-refractivity contribution in [2.24, 2.45) is 0 Å². The van der Waals surface area contributed by atoms with Crippen LogP contribution in [0, 0.1) is 5.82 Å². The number of likely N-dealkylation sites (N-methyl/N-ethyl adjacent to an activating group) is 1. The summed E-state index contributed by atoms with van der Waals surface area (Å²) in [7, 11) is 1.83. The summed E-state index contributed by atoms with van der Waals surface area (Å²) in [4.78, 5) is 19.8. The number of hydrogen-bond donors (Lipinski definition) is 2. The summed E-state index contributed by atoms with van der Waals surface area (Å²) in [6.07, 6.45) is 0. The molecular weight excluding hydrogens is 479 g/mol. The topological polar surface area (TPSA) is 83.8 Å². The summed E-state index contributed by atoms with van der Waals surface area (Å²) < 4.78 is 20.7. The van der Waals surface area contributed by atoms with Gasteiger partial charge in [0.2, 0.25) is 16.0 Å². The SMILES string of the molecule is CCOc1ccc(CNC(=O)CN(C)c2nn3c(NC(C)(C)C)c(-c4ccc(F)cc4)nc3s2)cc1. The third-order valence-electron chi connectivity index (χ3n) is 5.24. The predicted molar refractivity (Wildman–Crippen MR) is 142 cm³/mol. The summed E-state index contributed by atoms with van der Waals surface area (Å²) in [6, 6.07) is 13.9. The van der Waals surface area contributed by atoms with Crippen molar-refractivity contribution in [3.8, 4) is 17.0 Å². The number of carbonyl (C=O) groups is 1. The van der Waals surface area contributed by atoms with Crippen molar-refractivity contribution < 1.29 is 13.9 Å². The lowest BCUT2D eigenvalue weighted by molar-refractivity contribution is -0.119. The number of amides is 1. The lowest BCUT2D eigenvalue weighted by atomic mass is 10.1. The second-order valence-electron chi connectivity index (χ2n) is 9.48. The van der Waals surface area contributed by atoms with Crippen molar-refractivity contribution in [3.05, 3.63) is 59.9 Å². The standard InChI is InChI=1S/C26H31FN6O2S/c1-6-35-20-13-7-17(8-14-20)15-28-21(34)16-32(5)25-31-33-23(30-26(2,3)4)22(29-24(33)36-25)18-9-11-19(27)12-10-18/h7-14,30H,6,15-16H2,1-5H3,(H,28,34). The van der Waals surface area contributed by atoms with Crippen molar-refractivity contribution in [1.29, 1.82) is 0 Å². The molecule has 10 heteroatoms. The monoisotopic (exact) mass is 510 g/mol. The van der Waals surface area contributed by atoms with Crippen molar-refractivity contribution >= 4 is 33.2 Å². The molecule has 2 aromatic heterocycles. The third-order valence-corrected chi connectivity index (χ3v) is 6.26. The first-order valence-electron chi connectivity index (χ1n) is 11.8. The number of anilines is 2. The minimum Gasteiger partial charge on any atom is -0.494 e. The summed E-state index contributed by atoms with van der Waals surface area (Å²) >= 11 is 1.39. The molecule has 0 unspecified atom stereocenters. The lowest BCUT2D eigenvalue weighted by Gasteiger charge is -2.22. The van der Waals surface area contributed by atoms with Gasteiger partial charge < -0.3 is 20.3 Å². The first-order chi connectivity index (χ1) is 17.1. The molecule has 0 bridgehead atoms. The smallest absolute Gasteiger partial charge is 0.239 e. The number of carbonyl (C=O) groups excluding carboxylic acids is 1. The molecule has 0 saturated carbocycles. The van der Waals surface area contributed by atoms with Crippen LogP contribution in [0.1, 0.15) is 33.3 Å². The van der Waals surface area contributed by atoms with Crippen LogP contribution in [0.4, 0.5) is 15.3 Å². The number of hydrogen-bond acceptors (Lipinski definition) is 7. The van der Waals surface area contributed by atoms with E-state index >= 15 is 0 Å². The minimum atomic E-state index is -0.298. The molecule has 2 heterocycles. The van der Waals surface area contributed by atoms with Crippen LogP contribution in [0.15, 0.2) is 48.5 Å². The molecule has 190 valence electrons. The van der Waals surface area contributed by atoms with Gasteiger partial charge >= 0.3 is 0 Å². The average molecular weight is 511 g/mol. The molecule has 4 aromatic rings. The van der Waals surface area contributed by atoms with Gasteiger partial charge in [-0.15, -0.1) is 5.10 Å². The van der Waals surface area contributed by atoms with Gasteiger partial charge in [-0.25, -0.2) is 9.37 Å². The van der Waals surface area contributed by atoms with E-state index in [1.54, 1.807) is 21.5 Å². The Bertz CT molecular complexity index is 1330. The van der Waals surface area contributed by atoms with Gasteiger partial charge in [-0.1, -0.05) is 23.5 Å². The van der Waals surface area contributed by atoms with E-state index in [4.69, 9.17) is 14.8 Å². The zero-order valence-corrected chi connectivity index (χ0v) is 21.9. The molecule has 2 N–H and O–H groups in total. The Labute approximate surface area is 214 Å². The van der Waals surface area contributed by atoms with E-state index < -0.39 is 0 Å². The van der Waals surface area contributed by atoms with E-state index in [9.17, 15) is 9.18 Å². The predicted octanol–water partition coefficient (Wildman–Crippen LogP) is 4.96. The fourth-order valence-electron chi connectivity index (χ4n) is 3.58. The second-order valence-corrected chi connectivity index (χ2v) is 10.4. The Morgan fingerprint density at radius 3 is 2.47 bits per heavy atom. The van der Waals surface area contributed by atoms with Crippen LogP contribution < -0.4 is 20.3 Å². The highest BCUT2D eigenvalue weighted by Gasteiger charge is 2.23. The van der Waals surface area contributed by atoms with E-state index in [0.29, 0.717) is 28.9 Å². The van der Waals surface area contributed by atoms with Gasteiger partial charge in [-0.2, -0.15) is 4.52 Å². The van der Waals surface area contributed by atoms with Crippen LogP contribution >= 0.6 is 11.3 Å². The molecule has 0 aliphatic rings. The molecule has 0 fully saturated rings. The van der Waals surface area contributed by atoms with Gasteiger partial charge in [-0.05, 0) is 69.7 Å². The molecule has 0 radical (unpaired) electrons. The molecule has 0 spiro atoms. The van der Waals surface area contributed by atoms with Crippen LogP contribution in [-0.2, 0) is 11.3 Å². The van der Waals surface area contributed by atoms with Crippen molar-refractivity contribution in [1.82, 2.24) is 19.9 Å². The Morgan fingerprint density at radius 2 is 1.83 bits per heavy atom. The summed E-state index contributed by atoms with van der Waals surface area (Å²) in [5, 5.41) is 11.8. The van der Waals surface area contributed by atoms with Crippen LogP contribution in [0.5, 0.6) is 5.75 Å². The highest BCUT2D eigenvalue weighted by Crippen LogP contribution is 2.34. The van der Waals surface area contributed by atoms with Crippen LogP contribution in [0.2, 0.25) is 0 Å². The van der Waals surface area contributed by atoms with E-state index in [1.165, 1.54) is 23.5 Å². The fraction of sp³-hybridized carbons (Fsp3) is 0.346. The second kappa shape index (κ2) is 10.5. The van der Waals surface area contributed by atoms with Crippen LogP contribution in [-0.4, -0.2) is 46.2 Å². The first kappa shape index (κ1) is 25.4. The minimum absolute atomic E-state index is 0.112. The van der Waals surface area contributed by atoms with E-state index in [2.05, 4.69) is 31.4 Å². The van der Waals surface area contributed by atoms with E-state index in [0.717, 1.165) is 22.7 Å². The zero-order chi connectivity index (χ0) is 25.9. The van der Waals surface area contributed by atoms with Gasteiger partial charge in [0.1, 0.15) is 17.3 Å². The van der Waals surface area contributed by atoms with Gasteiger partial charge in [0.15, 0.2) is 5.82 Å². The normalized spacial score (nSPS) is 11.5. The number of fused-ring (bicyclic) bond motifs is 1. The summed E-state index contributed by atoms with van der Waals surface area (Å²) in [5.41, 5.74) is 2.24. The first-order valence-corrected chi connectivity index (χ1v) is 12.6. The van der Waals surface area contributed by atoms with E-state index in [-0.39, 0.29) is 23.8 Å². The molecule has 8 nitrogen and oxygen atoms in total. The summed E-state index contributed by atoms with van der Waals surface area (Å²) in [5.74, 6) is 1.12. The fourth-order valence-corrected chi connectivity index (χ4v) is 4.44. The van der Waals surface area contributed by atoms with Gasteiger partial charge in [0.05, 0.1) is 13.2 Å². The zero-order valence-electron chi connectivity index (χ0n) is 21.1. The van der Waals surface area contributed by atoms with Crippen molar-refractivity contribution in [2.75, 3.05) is 30.4 Å². The number of rotatable bonds is 9. The van der Waals surface area contributed by atoms with Crippen LogP contribution in [0.3, 0.4) is 0 Å². The highest BCUT2D eigenvalue weighted by atomic mass is 32.1. The van der Waals surface area contributed by atoms with Crippen molar-refractivity contribution in [2.45, 2.75) is 39.8 Å². The Morgan fingerprint density at radius 1 is 1.14 bits per heavy atom. The number of nitrogens with one attached hydrogen (secondary N) is 2. The van der Waals surface area contributed by atoms with Gasteiger partial charge in [0.25, 0.3) is 0 Å². The number of benzene rings is 2. The maximum Gasteiger partial charge on any atom is 0.239 e. The maximum absolute atomic E-state index is 13.5. The average Bonchev–Trinajstić information content (AvgIpc) is 3.38. The molecule has 4 rings (SSSR count). The largest absolute Gasteiger partial charge is 0.494 e. The number of aromatic nitrogens is 3. The number of nitrogens with zero attached hydrogens (tertiary/aromatic N) is 4. The molecular formula is C26H31FN6O2S. The Kier molecular flexibility index (Phi) is 7.44. The third kappa shape index (κ3) is 6.12.